The number of ether oxygens (including phenoxy) is 2. The van der Waals surface area contributed by atoms with Gasteiger partial charge in [-0.2, -0.15) is 11.3 Å². The first-order valence-electron chi connectivity index (χ1n) is 8.98. The van der Waals surface area contributed by atoms with Gasteiger partial charge in [-0.15, -0.1) is 11.8 Å². The van der Waals surface area contributed by atoms with Crippen LogP contribution in [0.5, 0.6) is 11.5 Å². The zero-order chi connectivity index (χ0) is 18.6. The van der Waals surface area contributed by atoms with Gasteiger partial charge in [0.1, 0.15) is 6.61 Å². The van der Waals surface area contributed by atoms with Crippen molar-refractivity contribution in [1.82, 2.24) is 4.90 Å². The van der Waals surface area contributed by atoms with Crippen LogP contribution in [0, 0.1) is 0 Å². The molecular formula is C22H23NO2S2. The zero-order valence-electron chi connectivity index (χ0n) is 15.6. The predicted octanol–water partition coefficient (Wildman–Crippen LogP) is 5.54. The Balaban J connectivity index is 1.67. The fraction of sp³-hybridized carbons (Fsp3) is 0.273. The van der Waals surface area contributed by atoms with Crippen molar-refractivity contribution in [2.45, 2.75) is 18.0 Å². The number of hydrogen-bond donors (Lipinski definition) is 0. The molecule has 5 heteroatoms. The third-order valence-electron chi connectivity index (χ3n) is 4.81. The SMILES string of the molecule is COc1cc(-c2ccc(SC)cc2)cc2c1OCCN(Cc1ccsc1)C2. The van der Waals surface area contributed by atoms with Gasteiger partial charge in [-0.1, -0.05) is 12.1 Å². The molecule has 0 N–H and O–H groups in total. The van der Waals surface area contributed by atoms with Crippen molar-refractivity contribution >= 4 is 23.1 Å². The van der Waals surface area contributed by atoms with Crippen molar-refractivity contribution in [3.8, 4) is 22.6 Å². The molecule has 2 heterocycles. The van der Waals surface area contributed by atoms with Crippen molar-refractivity contribution in [2.75, 3.05) is 26.5 Å². The molecule has 0 unspecified atom stereocenters. The van der Waals surface area contributed by atoms with Gasteiger partial charge in [0.15, 0.2) is 11.5 Å². The van der Waals surface area contributed by atoms with Crippen molar-refractivity contribution < 1.29 is 9.47 Å². The highest BCUT2D eigenvalue weighted by molar-refractivity contribution is 7.98. The molecule has 1 aliphatic rings. The minimum atomic E-state index is 0.676. The van der Waals surface area contributed by atoms with Gasteiger partial charge in [0.25, 0.3) is 0 Å². The van der Waals surface area contributed by atoms with E-state index in [1.54, 1.807) is 30.2 Å². The molecule has 3 aromatic rings. The van der Waals surface area contributed by atoms with Crippen molar-refractivity contribution in [3.63, 3.8) is 0 Å². The molecule has 140 valence electrons. The highest BCUT2D eigenvalue weighted by atomic mass is 32.2. The van der Waals surface area contributed by atoms with Crippen LogP contribution < -0.4 is 9.47 Å². The maximum Gasteiger partial charge on any atom is 0.165 e. The van der Waals surface area contributed by atoms with E-state index >= 15 is 0 Å². The topological polar surface area (TPSA) is 21.7 Å². The monoisotopic (exact) mass is 397 g/mol. The molecule has 27 heavy (non-hydrogen) atoms. The van der Waals surface area contributed by atoms with Crippen molar-refractivity contribution in [1.29, 1.82) is 0 Å². The van der Waals surface area contributed by atoms with E-state index in [1.165, 1.54) is 27.1 Å². The Morgan fingerprint density at radius 1 is 1.15 bits per heavy atom. The molecule has 0 radical (unpaired) electrons. The minimum Gasteiger partial charge on any atom is -0.493 e. The summed E-state index contributed by atoms with van der Waals surface area (Å²) >= 11 is 3.51. The van der Waals surface area contributed by atoms with E-state index < -0.39 is 0 Å². The van der Waals surface area contributed by atoms with Gasteiger partial charge in [-0.05, 0) is 64.0 Å². The average Bonchev–Trinajstić information content (AvgIpc) is 3.13. The van der Waals surface area contributed by atoms with Gasteiger partial charge in [0.2, 0.25) is 0 Å². The Hall–Kier alpha value is -1.95. The van der Waals surface area contributed by atoms with Gasteiger partial charge < -0.3 is 9.47 Å². The van der Waals surface area contributed by atoms with E-state index in [-0.39, 0.29) is 0 Å². The van der Waals surface area contributed by atoms with Crippen LogP contribution in [0.3, 0.4) is 0 Å². The van der Waals surface area contributed by atoms with Crippen LogP contribution in [-0.2, 0) is 13.1 Å². The van der Waals surface area contributed by atoms with E-state index in [1.807, 2.05) is 0 Å². The van der Waals surface area contributed by atoms with Crippen molar-refractivity contribution in [2.24, 2.45) is 0 Å². The molecule has 0 atom stereocenters. The Morgan fingerprint density at radius 3 is 2.70 bits per heavy atom. The van der Waals surface area contributed by atoms with Gasteiger partial charge in [0.05, 0.1) is 7.11 Å². The number of thioether (sulfide) groups is 1. The second-order valence-corrected chi connectivity index (χ2v) is 8.25. The van der Waals surface area contributed by atoms with Crippen LogP contribution in [0.4, 0.5) is 0 Å². The molecule has 0 saturated carbocycles. The Morgan fingerprint density at radius 2 is 2.00 bits per heavy atom. The normalized spacial score (nSPS) is 14.3. The first kappa shape index (κ1) is 18.4. The summed E-state index contributed by atoms with van der Waals surface area (Å²) in [5.41, 5.74) is 4.91. The Bertz CT molecular complexity index is 891. The number of hydrogen-bond acceptors (Lipinski definition) is 5. The van der Waals surface area contributed by atoms with E-state index in [0.717, 1.165) is 31.1 Å². The Labute approximate surface area is 168 Å². The van der Waals surface area contributed by atoms with Crippen LogP contribution >= 0.6 is 23.1 Å². The van der Waals surface area contributed by atoms with Gasteiger partial charge >= 0.3 is 0 Å². The fourth-order valence-electron chi connectivity index (χ4n) is 3.42. The summed E-state index contributed by atoms with van der Waals surface area (Å²) in [6, 6.07) is 15.2. The van der Waals surface area contributed by atoms with E-state index in [2.05, 4.69) is 64.4 Å². The number of rotatable bonds is 5. The summed E-state index contributed by atoms with van der Waals surface area (Å²) in [5, 5.41) is 4.36. The first-order valence-corrected chi connectivity index (χ1v) is 11.1. The summed E-state index contributed by atoms with van der Waals surface area (Å²) in [5.74, 6) is 1.70. The lowest BCUT2D eigenvalue weighted by Crippen LogP contribution is -2.24. The highest BCUT2D eigenvalue weighted by Crippen LogP contribution is 2.38. The van der Waals surface area contributed by atoms with E-state index in [9.17, 15) is 0 Å². The molecule has 4 rings (SSSR count). The van der Waals surface area contributed by atoms with Crippen molar-refractivity contribution in [3.05, 3.63) is 64.4 Å². The van der Waals surface area contributed by atoms with Gasteiger partial charge in [0, 0.05) is 30.1 Å². The molecule has 0 saturated heterocycles. The summed E-state index contributed by atoms with van der Waals surface area (Å²) < 4.78 is 11.8. The average molecular weight is 398 g/mol. The lowest BCUT2D eigenvalue weighted by Gasteiger charge is -2.19. The first-order chi connectivity index (χ1) is 13.3. The third-order valence-corrected chi connectivity index (χ3v) is 6.28. The smallest absolute Gasteiger partial charge is 0.165 e. The zero-order valence-corrected chi connectivity index (χ0v) is 17.2. The Kier molecular flexibility index (Phi) is 5.72. The third kappa shape index (κ3) is 4.15. The minimum absolute atomic E-state index is 0.676. The molecule has 3 nitrogen and oxygen atoms in total. The summed E-state index contributed by atoms with van der Waals surface area (Å²) in [4.78, 5) is 3.71. The molecule has 2 aromatic carbocycles. The van der Waals surface area contributed by atoms with Crippen LogP contribution in [-0.4, -0.2) is 31.4 Å². The molecular weight excluding hydrogens is 374 g/mol. The number of thiophene rings is 1. The fourth-order valence-corrected chi connectivity index (χ4v) is 4.48. The molecule has 0 spiro atoms. The van der Waals surface area contributed by atoms with Gasteiger partial charge in [-0.25, -0.2) is 0 Å². The molecule has 0 aliphatic carbocycles. The lowest BCUT2D eigenvalue weighted by atomic mass is 10.0. The molecule has 1 aliphatic heterocycles. The standard InChI is InChI=1S/C22H23NO2S2/c1-24-21-12-18(17-3-5-20(26-2)6-4-17)11-19-14-23(8-9-25-22(19)21)13-16-7-10-27-15-16/h3-7,10-12,15H,8-9,13-14H2,1-2H3. The second kappa shape index (κ2) is 8.38. The number of methoxy groups -OCH3 is 1. The summed E-state index contributed by atoms with van der Waals surface area (Å²) in [7, 11) is 1.72. The number of benzene rings is 2. The van der Waals surface area contributed by atoms with Crippen LogP contribution in [0.25, 0.3) is 11.1 Å². The quantitative estimate of drug-likeness (QED) is 0.527. The largest absolute Gasteiger partial charge is 0.493 e. The highest BCUT2D eigenvalue weighted by Gasteiger charge is 2.20. The molecule has 1 aromatic heterocycles. The predicted molar refractivity (Wildman–Crippen MR) is 114 cm³/mol. The summed E-state index contributed by atoms with van der Waals surface area (Å²) in [6.45, 7) is 3.39. The van der Waals surface area contributed by atoms with E-state index in [4.69, 9.17) is 9.47 Å². The molecule has 0 fully saturated rings. The summed E-state index contributed by atoms with van der Waals surface area (Å²) in [6.07, 6.45) is 2.10. The number of nitrogens with zero attached hydrogens (tertiary/aromatic N) is 1. The maximum atomic E-state index is 6.08. The maximum absolute atomic E-state index is 6.08. The number of fused-ring (bicyclic) bond motifs is 1. The lowest BCUT2D eigenvalue weighted by molar-refractivity contribution is 0.217. The molecule has 0 amide bonds. The second-order valence-electron chi connectivity index (χ2n) is 6.59. The van der Waals surface area contributed by atoms with Gasteiger partial charge in [-0.3, -0.25) is 4.90 Å². The van der Waals surface area contributed by atoms with Crippen LogP contribution in [0.2, 0.25) is 0 Å². The van der Waals surface area contributed by atoms with E-state index in [0.29, 0.717) is 6.61 Å². The van der Waals surface area contributed by atoms with Crippen LogP contribution in [0.15, 0.2) is 58.1 Å². The molecule has 0 bridgehead atoms. The van der Waals surface area contributed by atoms with Crippen LogP contribution in [0.1, 0.15) is 11.1 Å².